The Morgan fingerprint density at radius 2 is 1.73 bits per heavy atom. The SMILES string of the molecule is Cc1cc(C)c(CNCCCN2CCC(O)CC2)c(C)c1.Cl. The molecule has 1 saturated heterocycles. The van der Waals surface area contributed by atoms with Crippen LogP contribution >= 0.6 is 12.4 Å². The molecule has 0 bridgehead atoms. The average Bonchev–Trinajstić information content (AvgIpc) is 2.43. The molecule has 1 aliphatic heterocycles. The Bertz CT molecular complexity index is 433. The summed E-state index contributed by atoms with van der Waals surface area (Å²) in [5, 5.41) is 13.1. The third kappa shape index (κ3) is 5.88. The van der Waals surface area contributed by atoms with Crippen LogP contribution in [0.2, 0.25) is 0 Å². The molecule has 4 heteroatoms. The van der Waals surface area contributed by atoms with Crippen LogP contribution in [0.15, 0.2) is 12.1 Å². The number of aliphatic hydroxyl groups is 1. The van der Waals surface area contributed by atoms with Crippen LogP contribution in [0.3, 0.4) is 0 Å². The zero-order valence-electron chi connectivity index (χ0n) is 14.2. The maximum Gasteiger partial charge on any atom is 0.0564 e. The van der Waals surface area contributed by atoms with Gasteiger partial charge >= 0.3 is 0 Å². The second kappa shape index (κ2) is 9.51. The van der Waals surface area contributed by atoms with Crippen molar-refractivity contribution in [1.82, 2.24) is 10.2 Å². The number of hydrogen-bond donors (Lipinski definition) is 2. The summed E-state index contributed by atoms with van der Waals surface area (Å²) >= 11 is 0. The molecule has 1 aromatic carbocycles. The number of rotatable bonds is 6. The highest BCUT2D eigenvalue weighted by Gasteiger charge is 2.15. The van der Waals surface area contributed by atoms with E-state index in [0.717, 1.165) is 45.6 Å². The number of aliphatic hydroxyl groups excluding tert-OH is 1. The number of aryl methyl sites for hydroxylation is 3. The Morgan fingerprint density at radius 1 is 1.14 bits per heavy atom. The third-order valence-electron chi connectivity index (χ3n) is 4.53. The molecule has 0 radical (unpaired) electrons. The van der Waals surface area contributed by atoms with Crippen LogP contribution in [0.25, 0.3) is 0 Å². The minimum absolute atomic E-state index is 0. The van der Waals surface area contributed by atoms with E-state index < -0.39 is 0 Å². The van der Waals surface area contributed by atoms with Crippen LogP contribution < -0.4 is 5.32 Å². The van der Waals surface area contributed by atoms with Crippen molar-refractivity contribution in [2.45, 2.75) is 52.7 Å². The first-order valence-corrected chi connectivity index (χ1v) is 8.24. The van der Waals surface area contributed by atoms with E-state index in [2.05, 4.69) is 43.1 Å². The van der Waals surface area contributed by atoms with Gasteiger partial charge in [0.1, 0.15) is 0 Å². The van der Waals surface area contributed by atoms with Crippen molar-refractivity contribution < 1.29 is 5.11 Å². The standard InChI is InChI=1S/C18H30N2O.ClH/c1-14-11-15(2)18(16(3)12-14)13-19-7-4-8-20-9-5-17(21)6-10-20;/h11-12,17,19,21H,4-10,13H2,1-3H3;1H. The molecule has 0 aromatic heterocycles. The van der Waals surface area contributed by atoms with E-state index in [-0.39, 0.29) is 18.5 Å². The topological polar surface area (TPSA) is 35.5 Å². The molecule has 0 spiro atoms. The van der Waals surface area contributed by atoms with Crippen molar-refractivity contribution in [3.8, 4) is 0 Å². The number of piperidine rings is 1. The summed E-state index contributed by atoms with van der Waals surface area (Å²) in [4.78, 5) is 2.47. The summed E-state index contributed by atoms with van der Waals surface area (Å²) in [6, 6.07) is 4.53. The van der Waals surface area contributed by atoms with Crippen LogP contribution in [0.4, 0.5) is 0 Å². The number of benzene rings is 1. The van der Waals surface area contributed by atoms with Gasteiger partial charge in [0.25, 0.3) is 0 Å². The smallest absolute Gasteiger partial charge is 0.0564 e. The Balaban J connectivity index is 0.00000242. The van der Waals surface area contributed by atoms with Gasteiger partial charge < -0.3 is 15.3 Å². The van der Waals surface area contributed by atoms with E-state index in [9.17, 15) is 5.11 Å². The first-order valence-electron chi connectivity index (χ1n) is 8.24. The highest BCUT2D eigenvalue weighted by atomic mass is 35.5. The van der Waals surface area contributed by atoms with E-state index >= 15 is 0 Å². The Labute approximate surface area is 141 Å². The van der Waals surface area contributed by atoms with Crippen molar-refractivity contribution in [3.05, 3.63) is 34.4 Å². The largest absolute Gasteiger partial charge is 0.393 e. The lowest BCUT2D eigenvalue weighted by molar-refractivity contribution is 0.0821. The van der Waals surface area contributed by atoms with E-state index in [4.69, 9.17) is 0 Å². The summed E-state index contributed by atoms with van der Waals surface area (Å²) in [6.07, 6.45) is 3.00. The van der Waals surface area contributed by atoms with Crippen LogP contribution in [0, 0.1) is 20.8 Å². The molecule has 1 aromatic rings. The van der Waals surface area contributed by atoms with E-state index in [0.29, 0.717) is 0 Å². The third-order valence-corrected chi connectivity index (χ3v) is 4.53. The molecular formula is C18H31ClN2O. The van der Waals surface area contributed by atoms with Gasteiger partial charge in [-0.15, -0.1) is 12.4 Å². The number of halogens is 1. The molecule has 3 nitrogen and oxygen atoms in total. The van der Waals surface area contributed by atoms with Gasteiger partial charge in [-0.05, 0) is 69.8 Å². The molecule has 1 aliphatic rings. The quantitative estimate of drug-likeness (QED) is 0.789. The van der Waals surface area contributed by atoms with Crippen LogP contribution in [0.5, 0.6) is 0 Å². The van der Waals surface area contributed by atoms with Crippen molar-refractivity contribution in [2.24, 2.45) is 0 Å². The van der Waals surface area contributed by atoms with Crippen molar-refractivity contribution in [2.75, 3.05) is 26.2 Å². The lowest BCUT2D eigenvalue weighted by Gasteiger charge is -2.29. The summed E-state index contributed by atoms with van der Waals surface area (Å²) in [6.45, 7) is 11.8. The molecule has 1 fully saturated rings. The van der Waals surface area contributed by atoms with Gasteiger partial charge in [0.2, 0.25) is 0 Å². The van der Waals surface area contributed by atoms with Crippen molar-refractivity contribution >= 4 is 12.4 Å². The van der Waals surface area contributed by atoms with Crippen molar-refractivity contribution in [1.29, 1.82) is 0 Å². The average molecular weight is 327 g/mol. The maximum atomic E-state index is 9.50. The minimum Gasteiger partial charge on any atom is -0.393 e. The number of likely N-dealkylation sites (tertiary alicyclic amines) is 1. The fourth-order valence-corrected chi connectivity index (χ4v) is 3.27. The highest BCUT2D eigenvalue weighted by Crippen LogP contribution is 2.16. The predicted octanol–water partition coefficient (Wildman–Crippen LogP) is 2.97. The van der Waals surface area contributed by atoms with Gasteiger partial charge in [-0.3, -0.25) is 0 Å². The molecule has 2 N–H and O–H groups in total. The zero-order chi connectivity index (χ0) is 15.2. The summed E-state index contributed by atoms with van der Waals surface area (Å²) in [5.41, 5.74) is 5.58. The van der Waals surface area contributed by atoms with Crippen LogP contribution in [-0.4, -0.2) is 42.3 Å². The Morgan fingerprint density at radius 3 is 2.32 bits per heavy atom. The maximum absolute atomic E-state index is 9.50. The van der Waals surface area contributed by atoms with Gasteiger partial charge in [0.15, 0.2) is 0 Å². The molecule has 0 amide bonds. The molecule has 0 aliphatic carbocycles. The molecule has 0 unspecified atom stereocenters. The zero-order valence-corrected chi connectivity index (χ0v) is 15.0. The number of nitrogens with zero attached hydrogens (tertiary/aromatic N) is 1. The monoisotopic (exact) mass is 326 g/mol. The first-order chi connectivity index (χ1) is 10.1. The van der Waals surface area contributed by atoms with E-state index in [1.54, 1.807) is 0 Å². The normalized spacial score (nSPS) is 16.5. The van der Waals surface area contributed by atoms with E-state index in [1.807, 2.05) is 0 Å². The lowest BCUT2D eigenvalue weighted by Crippen LogP contribution is -2.37. The first kappa shape index (κ1) is 19.4. The Hall–Kier alpha value is -0.610. The Kier molecular flexibility index (Phi) is 8.40. The lowest BCUT2D eigenvalue weighted by atomic mass is 10.00. The second-order valence-electron chi connectivity index (χ2n) is 6.48. The highest BCUT2D eigenvalue weighted by molar-refractivity contribution is 5.85. The van der Waals surface area contributed by atoms with Gasteiger partial charge in [0.05, 0.1) is 6.10 Å². The number of hydrogen-bond acceptors (Lipinski definition) is 3. The molecule has 126 valence electrons. The second-order valence-corrected chi connectivity index (χ2v) is 6.48. The summed E-state index contributed by atoms with van der Waals surface area (Å²) in [7, 11) is 0. The number of nitrogens with one attached hydrogen (secondary N) is 1. The molecule has 1 heterocycles. The predicted molar refractivity (Wildman–Crippen MR) is 95.9 cm³/mol. The van der Waals surface area contributed by atoms with Gasteiger partial charge in [0, 0.05) is 19.6 Å². The van der Waals surface area contributed by atoms with Crippen LogP contribution in [0.1, 0.15) is 41.5 Å². The fraction of sp³-hybridized carbons (Fsp3) is 0.667. The van der Waals surface area contributed by atoms with Gasteiger partial charge in [-0.1, -0.05) is 17.7 Å². The molecular weight excluding hydrogens is 296 g/mol. The van der Waals surface area contributed by atoms with Gasteiger partial charge in [-0.25, -0.2) is 0 Å². The fourth-order valence-electron chi connectivity index (χ4n) is 3.27. The molecule has 0 saturated carbocycles. The molecule has 0 atom stereocenters. The van der Waals surface area contributed by atoms with Crippen molar-refractivity contribution in [3.63, 3.8) is 0 Å². The van der Waals surface area contributed by atoms with E-state index in [1.165, 1.54) is 28.7 Å². The minimum atomic E-state index is -0.0631. The summed E-state index contributed by atoms with van der Waals surface area (Å²) < 4.78 is 0. The van der Waals surface area contributed by atoms with Gasteiger partial charge in [-0.2, -0.15) is 0 Å². The summed E-state index contributed by atoms with van der Waals surface area (Å²) in [5.74, 6) is 0. The van der Waals surface area contributed by atoms with Crippen LogP contribution in [-0.2, 0) is 6.54 Å². The molecule has 2 rings (SSSR count). The molecule has 22 heavy (non-hydrogen) atoms.